The van der Waals surface area contributed by atoms with Crippen molar-refractivity contribution in [2.45, 2.75) is 13.3 Å². The van der Waals surface area contributed by atoms with Crippen LogP contribution in [-0.2, 0) is 19.6 Å². The van der Waals surface area contributed by atoms with E-state index in [1.807, 2.05) is 0 Å². The lowest BCUT2D eigenvalue weighted by atomic mass is 10.2. The fourth-order valence-electron chi connectivity index (χ4n) is 2.06. The van der Waals surface area contributed by atoms with Crippen molar-refractivity contribution in [3.63, 3.8) is 0 Å². The SMILES string of the molecule is COCCNC(=O)CCN(c1cc(C)c(Cl)cc1OC)S(C)(=O)=O. The Kier molecular flexibility index (Phi) is 7.78. The van der Waals surface area contributed by atoms with Crippen LogP contribution in [0.2, 0.25) is 5.02 Å². The zero-order valence-corrected chi connectivity index (χ0v) is 15.8. The summed E-state index contributed by atoms with van der Waals surface area (Å²) in [6, 6.07) is 3.19. The van der Waals surface area contributed by atoms with Crippen molar-refractivity contribution in [3.8, 4) is 5.75 Å². The van der Waals surface area contributed by atoms with Gasteiger partial charge in [-0.2, -0.15) is 0 Å². The van der Waals surface area contributed by atoms with Crippen molar-refractivity contribution < 1.29 is 22.7 Å². The van der Waals surface area contributed by atoms with Gasteiger partial charge in [0.25, 0.3) is 0 Å². The first-order chi connectivity index (χ1) is 11.2. The molecular weight excluding hydrogens is 356 g/mol. The topological polar surface area (TPSA) is 84.9 Å². The number of ether oxygens (including phenoxy) is 2. The number of methoxy groups -OCH3 is 2. The van der Waals surface area contributed by atoms with Gasteiger partial charge < -0.3 is 14.8 Å². The van der Waals surface area contributed by atoms with Gasteiger partial charge in [0.15, 0.2) is 0 Å². The maximum atomic E-state index is 12.2. The van der Waals surface area contributed by atoms with Gasteiger partial charge in [0, 0.05) is 37.7 Å². The third kappa shape index (κ3) is 5.85. The summed E-state index contributed by atoms with van der Waals surface area (Å²) in [6.45, 7) is 2.53. The Morgan fingerprint density at radius 2 is 2.00 bits per heavy atom. The van der Waals surface area contributed by atoms with Crippen LogP contribution in [0.4, 0.5) is 5.69 Å². The Morgan fingerprint density at radius 1 is 1.33 bits per heavy atom. The van der Waals surface area contributed by atoms with Crippen molar-refractivity contribution in [1.29, 1.82) is 0 Å². The number of hydrogen-bond acceptors (Lipinski definition) is 5. The highest BCUT2D eigenvalue weighted by atomic mass is 35.5. The molecule has 1 aromatic rings. The van der Waals surface area contributed by atoms with E-state index >= 15 is 0 Å². The third-order valence-corrected chi connectivity index (χ3v) is 4.89. The average Bonchev–Trinajstić information content (AvgIpc) is 2.49. The van der Waals surface area contributed by atoms with Gasteiger partial charge in [-0.05, 0) is 18.6 Å². The second-order valence-electron chi connectivity index (χ2n) is 5.20. The molecule has 9 heteroatoms. The van der Waals surface area contributed by atoms with Gasteiger partial charge in [-0.1, -0.05) is 11.6 Å². The molecule has 0 bridgehead atoms. The van der Waals surface area contributed by atoms with Crippen LogP contribution < -0.4 is 14.4 Å². The Balaban J connectivity index is 3.00. The number of aryl methyl sites for hydroxylation is 1. The molecule has 0 atom stereocenters. The molecule has 1 N–H and O–H groups in total. The summed E-state index contributed by atoms with van der Waals surface area (Å²) < 4.78 is 35.5. The molecule has 0 fully saturated rings. The summed E-state index contributed by atoms with van der Waals surface area (Å²) in [5, 5.41) is 3.13. The molecule has 0 radical (unpaired) electrons. The second-order valence-corrected chi connectivity index (χ2v) is 7.52. The molecule has 0 aliphatic heterocycles. The van der Waals surface area contributed by atoms with Crippen LogP contribution in [0.3, 0.4) is 0 Å². The molecule has 0 heterocycles. The van der Waals surface area contributed by atoms with Crippen LogP contribution in [0.5, 0.6) is 5.75 Å². The van der Waals surface area contributed by atoms with Gasteiger partial charge >= 0.3 is 0 Å². The van der Waals surface area contributed by atoms with Crippen LogP contribution in [0.15, 0.2) is 12.1 Å². The Labute approximate surface area is 147 Å². The van der Waals surface area contributed by atoms with Crippen molar-refractivity contribution in [3.05, 3.63) is 22.7 Å². The van der Waals surface area contributed by atoms with Gasteiger partial charge in [-0.25, -0.2) is 8.42 Å². The van der Waals surface area contributed by atoms with Gasteiger partial charge in [0.1, 0.15) is 5.75 Å². The molecule has 0 spiro atoms. The Hall–Kier alpha value is -1.51. The third-order valence-electron chi connectivity index (χ3n) is 3.30. The minimum absolute atomic E-state index is 0.00488. The molecule has 1 amide bonds. The molecular formula is C15H23ClN2O5S. The summed E-state index contributed by atoms with van der Waals surface area (Å²) in [4.78, 5) is 11.8. The van der Waals surface area contributed by atoms with Gasteiger partial charge in [-0.3, -0.25) is 9.10 Å². The predicted octanol–water partition coefficient (Wildman–Crippen LogP) is 1.58. The number of sulfonamides is 1. The van der Waals surface area contributed by atoms with Crippen molar-refractivity contribution in [1.82, 2.24) is 5.32 Å². The maximum absolute atomic E-state index is 12.2. The van der Waals surface area contributed by atoms with E-state index in [0.717, 1.165) is 10.6 Å². The van der Waals surface area contributed by atoms with Crippen LogP contribution in [0.1, 0.15) is 12.0 Å². The quantitative estimate of drug-likeness (QED) is 0.659. The Morgan fingerprint density at radius 3 is 2.54 bits per heavy atom. The first-order valence-corrected chi connectivity index (χ1v) is 9.50. The number of anilines is 1. The largest absolute Gasteiger partial charge is 0.494 e. The van der Waals surface area contributed by atoms with Crippen LogP contribution in [-0.4, -0.2) is 54.5 Å². The van der Waals surface area contributed by atoms with E-state index in [2.05, 4.69) is 5.32 Å². The fourth-order valence-corrected chi connectivity index (χ4v) is 3.13. The lowest BCUT2D eigenvalue weighted by molar-refractivity contribution is -0.121. The molecule has 0 aliphatic rings. The molecule has 1 aromatic carbocycles. The number of carbonyl (C=O) groups excluding carboxylic acids is 1. The van der Waals surface area contributed by atoms with Gasteiger partial charge in [0.2, 0.25) is 15.9 Å². The summed E-state index contributed by atoms with van der Waals surface area (Å²) in [6.07, 6.45) is 1.10. The summed E-state index contributed by atoms with van der Waals surface area (Å²) in [7, 11) is -0.628. The number of nitrogens with one attached hydrogen (secondary N) is 1. The number of nitrogens with zero attached hydrogens (tertiary/aromatic N) is 1. The number of hydrogen-bond donors (Lipinski definition) is 1. The number of carbonyl (C=O) groups is 1. The Bertz CT molecular complexity index is 679. The summed E-state index contributed by atoms with van der Waals surface area (Å²) >= 11 is 6.06. The van der Waals surface area contributed by atoms with E-state index in [0.29, 0.717) is 35.2 Å². The van der Waals surface area contributed by atoms with Gasteiger partial charge in [0.05, 0.1) is 25.7 Å². The average molecular weight is 379 g/mol. The fraction of sp³-hybridized carbons (Fsp3) is 0.533. The van der Waals surface area contributed by atoms with E-state index in [1.165, 1.54) is 14.2 Å². The van der Waals surface area contributed by atoms with E-state index in [1.54, 1.807) is 19.1 Å². The molecule has 0 unspecified atom stereocenters. The molecule has 24 heavy (non-hydrogen) atoms. The number of benzene rings is 1. The minimum Gasteiger partial charge on any atom is -0.494 e. The molecule has 0 saturated heterocycles. The van der Waals surface area contributed by atoms with Crippen LogP contribution in [0, 0.1) is 6.92 Å². The van der Waals surface area contributed by atoms with Gasteiger partial charge in [-0.15, -0.1) is 0 Å². The minimum atomic E-state index is -3.60. The van der Waals surface area contributed by atoms with Crippen molar-refractivity contribution in [2.75, 3.05) is 44.5 Å². The second kappa shape index (κ2) is 9.10. The molecule has 0 saturated carbocycles. The van der Waals surface area contributed by atoms with E-state index < -0.39 is 10.0 Å². The van der Waals surface area contributed by atoms with Crippen molar-refractivity contribution >= 4 is 33.2 Å². The van der Waals surface area contributed by atoms with Crippen molar-refractivity contribution in [2.24, 2.45) is 0 Å². The highest BCUT2D eigenvalue weighted by Crippen LogP contribution is 2.35. The highest BCUT2D eigenvalue weighted by molar-refractivity contribution is 7.92. The standard InChI is InChI=1S/C15H23ClN2O5S/c1-11-9-13(14(23-3)10-12(11)16)18(24(4,20)21)7-5-15(19)17-6-8-22-2/h9-10H,5-8H2,1-4H3,(H,17,19). The summed E-state index contributed by atoms with van der Waals surface area (Å²) in [5.74, 6) is 0.0705. The van der Waals surface area contributed by atoms with Crippen LogP contribution in [0.25, 0.3) is 0 Å². The van der Waals surface area contributed by atoms with E-state index in [-0.39, 0.29) is 18.9 Å². The normalized spacial score (nSPS) is 11.2. The first kappa shape index (κ1) is 20.5. The number of rotatable bonds is 9. The van der Waals surface area contributed by atoms with E-state index in [4.69, 9.17) is 21.1 Å². The van der Waals surface area contributed by atoms with Crippen LogP contribution >= 0.6 is 11.6 Å². The number of amides is 1. The summed E-state index contributed by atoms with van der Waals surface area (Å²) in [5.41, 5.74) is 1.07. The zero-order chi connectivity index (χ0) is 18.3. The monoisotopic (exact) mass is 378 g/mol. The lowest BCUT2D eigenvalue weighted by Gasteiger charge is -2.25. The molecule has 7 nitrogen and oxygen atoms in total. The highest BCUT2D eigenvalue weighted by Gasteiger charge is 2.23. The molecule has 0 aromatic heterocycles. The smallest absolute Gasteiger partial charge is 0.232 e. The zero-order valence-electron chi connectivity index (χ0n) is 14.3. The molecule has 136 valence electrons. The molecule has 0 aliphatic carbocycles. The van der Waals surface area contributed by atoms with E-state index in [9.17, 15) is 13.2 Å². The maximum Gasteiger partial charge on any atom is 0.232 e. The lowest BCUT2D eigenvalue weighted by Crippen LogP contribution is -2.35. The molecule has 1 rings (SSSR count). The predicted molar refractivity (Wildman–Crippen MR) is 94.4 cm³/mol. The number of halogens is 1. The first-order valence-electron chi connectivity index (χ1n) is 7.28.